The second kappa shape index (κ2) is 5.99. The zero-order valence-electron chi connectivity index (χ0n) is 8.85. The molecule has 0 unspecified atom stereocenters. The third-order valence-electron chi connectivity index (χ3n) is 1.93. The van der Waals surface area contributed by atoms with Gasteiger partial charge >= 0.3 is 0 Å². The number of nitrogens with one attached hydrogen (secondary N) is 1. The summed E-state index contributed by atoms with van der Waals surface area (Å²) in [5, 5.41) is 5.33. The van der Waals surface area contributed by atoms with Gasteiger partial charge in [-0.3, -0.25) is 5.43 Å². The minimum atomic E-state index is 0.578. The topological polar surface area (TPSA) is 24.4 Å². The quantitative estimate of drug-likeness (QED) is 0.616. The lowest BCUT2D eigenvalue weighted by Gasteiger charge is -2.03. The minimum absolute atomic E-state index is 0.578. The van der Waals surface area contributed by atoms with Crippen molar-refractivity contribution in [1.29, 1.82) is 0 Å². The Morgan fingerprint density at radius 1 is 1.47 bits per heavy atom. The Kier molecular flexibility index (Phi) is 4.92. The van der Waals surface area contributed by atoms with E-state index in [0.717, 1.165) is 29.1 Å². The van der Waals surface area contributed by atoms with E-state index in [9.17, 15) is 0 Å². The maximum Gasteiger partial charge on any atom is 0.126 e. The van der Waals surface area contributed by atoms with E-state index in [1.165, 1.54) is 0 Å². The molecule has 0 aliphatic carbocycles. The number of hydrogen-bond donors (Lipinski definition) is 1. The summed E-state index contributed by atoms with van der Waals surface area (Å²) < 4.78 is 0. The predicted molar refractivity (Wildman–Crippen MR) is 68.0 cm³/mol. The van der Waals surface area contributed by atoms with E-state index < -0.39 is 0 Å². The molecule has 15 heavy (non-hydrogen) atoms. The fraction of sp³-hybridized carbons (Fsp3) is 0.364. The SMILES string of the molecule is CCCC(Cl)=NNc1ccc(C)c(Cl)c1. The van der Waals surface area contributed by atoms with Gasteiger partial charge in [-0.2, -0.15) is 5.10 Å². The van der Waals surface area contributed by atoms with Gasteiger partial charge < -0.3 is 0 Å². The first-order chi connectivity index (χ1) is 7.13. The molecule has 1 aromatic rings. The van der Waals surface area contributed by atoms with Gasteiger partial charge in [0.1, 0.15) is 5.17 Å². The van der Waals surface area contributed by atoms with E-state index in [2.05, 4.69) is 17.5 Å². The van der Waals surface area contributed by atoms with Gasteiger partial charge in [-0.1, -0.05) is 36.2 Å². The summed E-state index contributed by atoms with van der Waals surface area (Å²) in [6.45, 7) is 4.01. The number of hydrazone groups is 1. The largest absolute Gasteiger partial charge is 0.277 e. The van der Waals surface area contributed by atoms with Crippen LogP contribution in [0.1, 0.15) is 25.3 Å². The average Bonchev–Trinajstić information content (AvgIpc) is 2.20. The molecule has 4 heteroatoms. The fourth-order valence-electron chi connectivity index (χ4n) is 1.05. The molecular weight excluding hydrogens is 231 g/mol. The van der Waals surface area contributed by atoms with Crippen LogP contribution in [0.2, 0.25) is 5.02 Å². The normalized spacial score (nSPS) is 11.6. The van der Waals surface area contributed by atoms with Crippen molar-refractivity contribution in [2.24, 2.45) is 5.10 Å². The van der Waals surface area contributed by atoms with Gasteiger partial charge in [0.15, 0.2) is 0 Å². The Morgan fingerprint density at radius 2 is 2.20 bits per heavy atom. The Morgan fingerprint density at radius 3 is 2.80 bits per heavy atom. The van der Waals surface area contributed by atoms with Crippen LogP contribution in [0.4, 0.5) is 5.69 Å². The van der Waals surface area contributed by atoms with E-state index in [0.29, 0.717) is 5.17 Å². The molecule has 0 radical (unpaired) electrons. The zero-order valence-corrected chi connectivity index (χ0v) is 10.4. The lowest BCUT2D eigenvalue weighted by atomic mass is 10.2. The van der Waals surface area contributed by atoms with Crippen molar-refractivity contribution in [3.05, 3.63) is 28.8 Å². The third-order valence-corrected chi connectivity index (χ3v) is 2.62. The molecule has 0 amide bonds. The molecule has 82 valence electrons. The van der Waals surface area contributed by atoms with Gasteiger partial charge in [0.25, 0.3) is 0 Å². The van der Waals surface area contributed by atoms with Crippen molar-refractivity contribution < 1.29 is 0 Å². The summed E-state index contributed by atoms with van der Waals surface area (Å²) in [4.78, 5) is 0. The molecule has 1 aromatic carbocycles. The molecule has 0 heterocycles. The van der Waals surface area contributed by atoms with Crippen LogP contribution in [0.3, 0.4) is 0 Å². The molecular formula is C11H14Cl2N2. The summed E-state index contributed by atoms with van der Waals surface area (Å²) in [6, 6.07) is 5.69. The maximum absolute atomic E-state index is 5.97. The van der Waals surface area contributed by atoms with Gasteiger partial charge in [-0.25, -0.2) is 0 Å². The number of anilines is 1. The Labute approximate surface area is 100 Å². The fourth-order valence-corrected chi connectivity index (χ4v) is 1.46. The van der Waals surface area contributed by atoms with Gasteiger partial charge in [-0.05, 0) is 31.0 Å². The molecule has 2 nitrogen and oxygen atoms in total. The van der Waals surface area contributed by atoms with Gasteiger partial charge in [-0.15, -0.1) is 0 Å². The van der Waals surface area contributed by atoms with Crippen LogP contribution in [0, 0.1) is 6.92 Å². The van der Waals surface area contributed by atoms with Crippen LogP contribution >= 0.6 is 23.2 Å². The van der Waals surface area contributed by atoms with Gasteiger partial charge in [0, 0.05) is 11.4 Å². The summed E-state index contributed by atoms with van der Waals surface area (Å²) >= 11 is 11.8. The van der Waals surface area contributed by atoms with Crippen LogP contribution in [0.5, 0.6) is 0 Å². The van der Waals surface area contributed by atoms with E-state index in [-0.39, 0.29) is 0 Å². The lowest BCUT2D eigenvalue weighted by Crippen LogP contribution is -1.94. The van der Waals surface area contributed by atoms with Crippen LogP contribution in [-0.2, 0) is 0 Å². The molecule has 0 saturated carbocycles. The molecule has 1 rings (SSSR count). The van der Waals surface area contributed by atoms with Crippen LogP contribution in [0.25, 0.3) is 0 Å². The van der Waals surface area contributed by atoms with Crippen LogP contribution < -0.4 is 5.43 Å². The van der Waals surface area contributed by atoms with Crippen molar-refractivity contribution in [3.63, 3.8) is 0 Å². The van der Waals surface area contributed by atoms with Crippen molar-refractivity contribution in [2.75, 3.05) is 5.43 Å². The second-order valence-corrected chi connectivity index (χ2v) is 4.16. The molecule has 0 aromatic heterocycles. The first kappa shape index (κ1) is 12.3. The predicted octanol–water partition coefficient (Wildman–Crippen LogP) is 4.41. The van der Waals surface area contributed by atoms with Gasteiger partial charge in [0.05, 0.1) is 5.69 Å². The van der Waals surface area contributed by atoms with E-state index in [1.54, 1.807) is 0 Å². The summed E-state index contributed by atoms with van der Waals surface area (Å²) in [6.07, 6.45) is 1.77. The Balaban J connectivity index is 2.65. The van der Waals surface area contributed by atoms with Crippen molar-refractivity contribution in [2.45, 2.75) is 26.7 Å². The molecule has 1 N–H and O–H groups in total. The van der Waals surface area contributed by atoms with E-state index in [4.69, 9.17) is 23.2 Å². The second-order valence-electron chi connectivity index (χ2n) is 3.31. The van der Waals surface area contributed by atoms with Crippen LogP contribution in [0.15, 0.2) is 23.3 Å². The highest BCUT2D eigenvalue weighted by atomic mass is 35.5. The first-order valence-electron chi connectivity index (χ1n) is 4.87. The van der Waals surface area contributed by atoms with E-state index in [1.807, 2.05) is 25.1 Å². The number of benzene rings is 1. The first-order valence-corrected chi connectivity index (χ1v) is 5.63. The summed E-state index contributed by atoms with van der Waals surface area (Å²) in [5.74, 6) is 0. The molecule has 0 aliphatic heterocycles. The summed E-state index contributed by atoms with van der Waals surface area (Å²) in [5.41, 5.74) is 4.76. The number of halogens is 2. The van der Waals surface area contributed by atoms with E-state index >= 15 is 0 Å². The summed E-state index contributed by atoms with van der Waals surface area (Å²) in [7, 11) is 0. The van der Waals surface area contributed by atoms with Crippen molar-refractivity contribution in [1.82, 2.24) is 0 Å². The van der Waals surface area contributed by atoms with Gasteiger partial charge in [0.2, 0.25) is 0 Å². The lowest BCUT2D eigenvalue weighted by molar-refractivity contribution is 0.999. The zero-order chi connectivity index (χ0) is 11.3. The van der Waals surface area contributed by atoms with Crippen LogP contribution in [-0.4, -0.2) is 5.17 Å². The monoisotopic (exact) mass is 244 g/mol. The third kappa shape index (κ3) is 4.10. The highest BCUT2D eigenvalue weighted by Gasteiger charge is 1.97. The number of rotatable bonds is 4. The molecule has 0 atom stereocenters. The highest BCUT2D eigenvalue weighted by molar-refractivity contribution is 6.65. The number of nitrogens with zero attached hydrogens (tertiary/aromatic N) is 1. The number of aryl methyl sites for hydroxylation is 1. The average molecular weight is 245 g/mol. The smallest absolute Gasteiger partial charge is 0.126 e. The molecule has 0 bridgehead atoms. The Bertz CT molecular complexity index is 362. The highest BCUT2D eigenvalue weighted by Crippen LogP contribution is 2.19. The maximum atomic E-state index is 5.97. The molecule has 0 spiro atoms. The standard InChI is InChI=1S/C11H14Cl2N2/c1-3-4-11(13)15-14-9-6-5-8(2)10(12)7-9/h5-7,14H,3-4H2,1-2H3. The minimum Gasteiger partial charge on any atom is -0.277 e. The molecule has 0 saturated heterocycles. The molecule has 0 aliphatic rings. The Hall–Kier alpha value is -0.730. The van der Waals surface area contributed by atoms with Crippen molar-refractivity contribution >= 4 is 34.1 Å². The number of hydrogen-bond acceptors (Lipinski definition) is 2. The molecule has 0 fully saturated rings. The van der Waals surface area contributed by atoms with Crippen molar-refractivity contribution in [3.8, 4) is 0 Å².